The van der Waals surface area contributed by atoms with Gasteiger partial charge in [0, 0.05) is 62.1 Å². The number of anilines is 3. The van der Waals surface area contributed by atoms with Gasteiger partial charge in [0.2, 0.25) is 5.95 Å². The van der Waals surface area contributed by atoms with Gasteiger partial charge in [0.1, 0.15) is 17.5 Å². The second-order valence-electron chi connectivity index (χ2n) is 10.9. The maximum Gasteiger partial charge on any atom is 0.228 e. The Kier molecular flexibility index (Phi) is 8.17. The molecule has 2 fully saturated rings. The molecule has 2 aliphatic rings. The predicted octanol–water partition coefficient (Wildman–Crippen LogP) is 6.31. The molecular weight excluding hydrogens is 536 g/mol. The lowest BCUT2D eigenvalue weighted by molar-refractivity contribution is 0.320. The van der Waals surface area contributed by atoms with Crippen molar-refractivity contribution in [3.05, 3.63) is 58.0 Å². The van der Waals surface area contributed by atoms with Gasteiger partial charge < -0.3 is 19.6 Å². The third-order valence-corrected chi connectivity index (χ3v) is 8.62. The molecule has 2 aromatic heterocycles. The minimum absolute atomic E-state index is 0.0844. The van der Waals surface area contributed by atoms with E-state index in [4.69, 9.17) is 38.2 Å². The zero-order valence-electron chi connectivity index (χ0n) is 23.2. The number of aromatic nitrogens is 3. The molecular formula is C29H36Cl2FN7. The van der Waals surface area contributed by atoms with Crippen LogP contribution < -0.4 is 14.7 Å². The van der Waals surface area contributed by atoms with Crippen LogP contribution in [0.25, 0.3) is 11.3 Å². The lowest BCUT2D eigenvalue weighted by atomic mass is 10.1. The van der Waals surface area contributed by atoms with E-state index in [1.807, 2.05) is 32.4 Å². The van der Waals surface area contributed by atoms with Gasteiger partial charge in [-0.1, -0.05) is 23.2 Å². The molecule has 7 nitrogen and oxygen atoms in total. The molecule has 10 heteroatoms. The molecule has 0 N–H and O–H groups in total. The Morgan fingerprint density at radius 1 is 0.974 bits per heavy atom. The molecule has 2 aliphatic heterocycles. The average Bonchev–Trinajstić information content (AvgIpc) is 3.35. The maximum absolute atomic E-state index is 13.9. The zero-order chi connectivity index (χ0) is 27.8. The molecule has 0 saturated carbocycles. The van der Waals surface area contributed by atoms with Crippen LogP contribution in [-0.4, -0.2) is 72.2 Å². The van der Waals surface area contributed by atoms with Crippen molar-refractivity contribution in [3.8, 4) is 11.3 Å². The Bertz CT molecular complexity index is 1340. The summed E-state index contributed by atoms with van der Waals surface area (Å²) in [4.78, 5) is 23.7. The molecule has 39 heavy (non-hydrogen) atoms. The number of piperazine rings is 1. The minimum Gasteiger partial charge on any atom is -0.352 e. The van der Waals surface area contributed by atoms with Crippen LogP contribution in [0.4, 0.5) is 22.0 Å². The molecule has 3 aromatic rings. The van der Waals surface area contributed by atoms with Crippen LogP contribution in [0.5, 0.6) is 0 Å². The molecule has 4 heterocycles. The topological polar surface area (TPSA) is 51.6 Å². The van der Waals surface area contributed by atoms with Crippen molar-refractivity contribution < 1.29 is 4.39 Å². The summed E-state index contributed by atoms with van der Waals surface area (Å²) in [5, 5.41) is 0.755. The van der Waals surface area contributed by atoms with E-state index in [2.05, 4.69) is 40.4 Å². The molecule has 0 aliphatic carbocycles. The van der Waals surface area contributed by atoms with Crippen molar-refractivity contribution in [1.82, 2.24) is 19.9 Å². The van der Waals surface area contributed by atoms with Crippen molar-refractivity contribution in [2.45, 2.75) is 51.7 Å². The van der Waals surface area contributed by atoms with Crippen LogP contribution in [0, 0.1) is 5.82 Å². The van der Waals surface area contributed by atoms with Gasteiger partial charge in [-0.3, -0.25) is 0 Å². The van der Waals surface area contributed by atoms with Gasteiger partial charge in [0.25, 0.3) is 0 Å². The van der Waals surface area contributed by atoms with E-state index in [0.29, 0.717) is 17.0 Å². The molecule has 0 amide bonds. The summed E-state index contributed by atoms with van der Waals surface area (Å²) in [6.07, 6.45) is 4.15. The van der Waals surface area contributed by atoms with E-state index in [-0.39, 0.29) is 17.1 Å². The Labute approximate surface area is 240 Å². The van der Waals surface area contributed by atoms with E-state index >= 15 is 0 Å². The average molecular weight is 573 g/mol. The van der Waals surface area contributed by atoms with Crippen molar-refractivity contribution >= 4 is 40.8 Å². The second-order valence-corrected chi connectivity index (χ2v) is 11.7. The molecule has 1 aromatic carbocycles. The monoisotopic (exact) mass is 571 g/mol. The molecule has 0 spiro atoms. The van der Waals surface area contributed by atoms with Gasteiger partial charge in [-0.05, 0) is 77.5 Å². The lowest BCUT2D eigenvalue weighted by Gasteiger charge is -2.41. The van der Waals surface area contributed by atoms with Crippen LogP contribution in [-0.2, 0) is 0 Å². The largest absolute Gasteiger partial charge is 0.352 e. The smallest absolute Gasteiger partial charge is 0.228 e. The van der Waals surface area contributed by atoms with Crippen LogP contribution >= 0.6 is 23.2 Å². The molecule has 1 unspecified atom stereocenters. The quantitative estimate of drug-likeness (QED) is 0.343. The highest BCUT2D eigenvalue weighted by Gasteiger charge is 2.30. The highest BCUT2D eigenvalue weighted by molar-refractivity contribution is 6.33. The Balaban J connectivity index is 1.43. The first-order valence-electron chi connectivity index (χ1n) is 13.6. The molecule has 2 saturated heterocycles. The van der Waals surface area contributed by atoms with Gasteiger partial charge in [-0.15, -0.1) is 0 Å². The fourth-order valence-electron chi connectivity index (χ4n) is 5.43. The summed E-state index contributed by atoms with van der Waals surface area (Å²) in [5.74, 6) is 1.94. The number of halogens is 3. The van der Waals surface area contributed by atoms with Crippen molar-refractivity contribution in [2.75, 3.05) is 55.0 Å². The van der Waals surface area contributed by atoms with E-state index in [1.165, 1.54) is 6.07 Å². The van der Waals surface area contributed by atoms with Gasteiger partial charge in [0.05, 0.1) is 15.7 Å². The molecule has 0 bridgehead atoms. The number of nitrogens with zero attached hydrogens (tertiary/aromatic N) is 7. The number of pyridine rings is 1. The van der Waals surface area contributed by atoms with E-state index in [9.17, 15) is 4.39 Å². The summed E-state index contributed by atoms with van der Waals surface area (Å²) in [6, 6.07) is 9.51. The van der Waals surface area contributed by atoms with Gasteiger partial charge >= 0.3 is 0 Å². The summed E-state index contributed by atoms with van der Waals surface area (Å²) < 4.78 is 13.9. The Morgan fingerprint density at radius 2 is 1.77 bits per heavy atom. The third-order valence-electron chi connectivity index (χ3n) is 8.05. The Morgan fingerprint density at radius 3 is 2.41 bits per heavy atom. The number of hydrogen-bond donors (Lipinski definition) is 0. The van der Waals surface area contributed by atoms with E-state index in [1.54, 1.807) is 12.1 Å². The van der Waals surface area contributed by atoms with Gasteiger partial charge in [-0.25, -0.2) is 14.4 Å². The molecule has 0 radical (unpaired) electrons. The van der Waals surface area contributed by atoms with Crippen molar-refractivity contribution in [1.29, 1.82) is 0 Å². The van der Waals surface area contributed by atoms with Crippen LogP contribution in [0.1, 0.15) is 45.2 Å². The van der Waals surface area contributed by atoms with Gasteiger partial charge in [-0.2, -0.15) is 4.98 Å². The first-order chi connectivity index (χ1) is 18.6. The highest BCUT2D eigenvalue weighted by Crippen LogP contribution is 2.33. The SMILES string of the molecule is CC(c1cnc(N2CCN(c3cc(-c4ccc(F)c(Cl)c4)nc(N4CCC[C@H]4C)n3)[C@H](C)C2)c(Cl)c1)N(C)C. The number of hydrogen-bond acceptors (Lipinski definition) is 7. The minimum atomic E-state index is -0.440. The molecule has 208 valence electrons. The van der Waals surface area contributed by atoms with Crippen LogP contribution in [0.2, 0.25) is 10.0 Å². The van der Waals surface area contributed by atoms with E-state index < -0.39 is 5.82 Å². The molecule has 5 rings (SSSR count). The lowest BCUT2D eigenvalue weighted by Crippen LogP contribution is -2.53. The summed E-state index contributed by atoms with van der Waals surface area (Å²) in [7, 11) is 4.10. The van der Waals surface area contributed by atoms with Crippen molar-refractivity contribution in [2.24, 2.45) is 0 Å². The van der Waals surface area contributed by atoms with Crippen LogP contribution in [0.3, 0.4) is 0 Å². The summed E-state index contributed by atoms with van der Waals surface area (Å²) in [5.41, 5.74) is 2.60. The van der Waals surface area contributed by atoms with Crippen molar-refractivity contribution in [3.63, 3.8) is 0 Å². The fourth-order valence-corrected chi connectivity index (χ4v) is 5.90. The normalized spacial score (nSPS) is 20.7. The molecule has 3 atom stereocenters. The predicted molar refractivity (Wildman–Crippen MR) is 159 cm³/mol. The number of benzene rings is 1. The first kappa shape index (κ1) is 27.9. The summed E-state index contributed by atoms with van der Waals surface area (Å²) >= 11 is 12.9. The van der Waals surface area contributed by atoms with E-state index in [0.717, 1.165) is 67.5 Å². The third kappa shape index (κ3) is 5.79. The highest BCUT2D eigenvalue weighted by atomic mass is 35.5. The number of rotatable bonds is 6. The standard InChI is InChI=1S/C29H36Cl2FN7/c1-18-7-6-10-39(18)29-34-26(21-8-9-25(32)23(30)13-21)15-27(35-29)38-12-11-37(17-19(38)2)28-24(31)14-22(16-33-28)20(3)36(4)5/h8-9,13-16,18-20H,6-7,10-12,17H2,1-5H3/t18-,19-,20?/m1/s1. The van der Waals surface area contributed by atoms with Gasteiger partial charge in [0.15, 0.2) is 0 Å². The zero-order valence-corrected chi connectivity index (χ0v) is 24.7. The Hall–Kier alpha value is -2.68. The maximum atomic E-state index is 13.9. The fraction of sp³-hybridized carbons (Fsp3) is 0.483. The first-order valence-corrected chi connectivity index (χ1v) is 14.3. The second kappa shape index (κ2) is 11.4. The summed E-state index contributed by atoms with van der Waals surface area (Å²) in [6.45, 7) is 9.73. The van der Waals surface area contributed by atoms with Crippen LogP contribution in [0.15, 0.2) is 36.5 Å².